The molecule has 4 aromatic heterocycles. The van der Waals surface area contributed by atoms with Gasteiger partial charge in [-0.3, -0.25) is 4.98 Å². The van der Waals surface area contributed by atoms with Crippen molar-refractivity contribution < 1.29 is 4.39 Å². The average Bonchev–Trinajstić information content (AvgIpc) is 3.07. The topological polar surface area (TPSA) is 68.0 Å². The summed E-state index contributed by atoms with van der Waals surface area (Å²) >= 11 is 0. The minimum Gasteiger partial charge on any atom is -0.350 e. The first-order chi connectivity index (χ1) is 12.7. The molecule has 7 heteroatoms. The first-order valence-corrected chi connectivity index (χ1v) is 8.70. The molecule has 1 aliphatic rings. The molecule has 0 saturated heterocycles. The van der Waals surface area contributed by atoms with Crippen molar-refractivity contribution in [2.75, 3.05) is 11.9 Å². The predicted octanol–water partition coefficient (Wildman–Crippen LogP) is 3.64. The lowest BCUT2D eigenvalue weighted by molar-refractivity contribution is 0.0782. The number of aromatic nitrogens is 5. The molecule has 130 valence electrons. The molecule has 4 aromatic rings. The Morgan fingerprint density at radius 1 is 1.12 bits per heavy atom. The van der Waals surface area contributed by atoms with Gasteiger partial charge in [-0.15, -0.1) is 5.10 Å². The van der Waals surface area contributed by atoms with Crippen molar-refractivity contribution >= 4 is 22.5 Å². The number of hydrogen-bond acceptors (Lipinski definition) is 5. The molecule has 0 aromatic carbocycles. The van der Waals surface area contributed by atoms with Gasteiger partial charge < -0.3 is 5.32 Å². The van der Waals surface area contributed by atoms with Crippen LogP contribution in [0.25, 0.3) is 27.8 Å². The Morgan fingerprint density at radius 2 is 2.04 bits per heavy atom. The quantitative estimate of drug-likeness (QED) is 0.610. The fourth-order valence-electron chi connectivity index (χ4n) is 3.28. The molecule has 0 atom stereocenters. The molecule has 0 amide bonds. The minimum atomic E-state index is -1.11. The Kier molecular flexibility index (Phi) is 3.34. The van der Waals surface area contributed by atoms with Crippen molar-refractivity contribution in [2.24, 2.45) is 0 Å². The van der Waals surface area contributed by atoms with Crippen LogP contribution in [-0.2, 0) is 0 Å². The molecule has 26 heavy (non-hydrogen) atoms. The third-order valence-electron chi connectivity index (χ3n) is 4.96. The molecule has 1 saturated carbocycles. The number of alkyl halides is 1. The Morgan fingerprint density at radius 3 is 2.88 bits per heavy atom. The fraction of sp³-hybridized carbons (Fsp3) is 0.263. The third kappa shape index (κ3) is 2.56. The van der Waals surface area contributed by atoms with Crippen LogP contribution in [0.1, 0.15) is 19.3 Å². The van der Waals surface area contributed by atoms with Crippen LogP contribution in [0.3, 0.4) is 0 Å². The Balaban J connectivity index is 1.46. The van der Waals surface area contributed by atoms with E-state index in [4.69, 9.17) is 0 Å². The van der Waals surface area contributed by atoms with Gasteiger partial charge in [0.2, 0.25) is 5.95 Å². The van der Waals surface area contributed by atoms with E-state index >= 15 is 0 Å². The molecule has 6 nitrogen and oxygen atoms in total. The predicted molar refractivity (Wildman–Crippen MR) is 97.7 cm³/mol. The first kappa shape index (κ1) is 15.2. The van der Waals surface area contributed by atoms with Gasteiger partial charge in [0, 0.05) is 18.0 Å². The minimum absolute atomic E-state index is 0.256. The highest BCUT2D eigenvalue weighted by Gasteiger charge is 2.36. The van der Waals surface area contributed by atoms with Gasteiger partial charge in [0.15, 0.2) is 0 Å². The van der Waals surface area contributed by atoms with Crippen molar-refractivity contribution in [3.63, 3.8) is 0 Å². The standard InChI is InChI=1S/C19H17FN6/c20-19(7-2-8-19)12-23-18-22-11-17-13(6-10-26(17)25-18)14-4-5-15-16(24-14)3-1-9-21-15/h1,3-6,9-11H,2,7-8,12H2,(H,23,25). The van der Waals surface area contributed by atoms with E-state index in [1.807, 2.05) is 36.5 Å². The number of pyridine rings is 2. The lowest BCUT2D eigenvalue weighted by Gasteiger charge is -2.33. The van der Waals surface area contributed by atoms with Gasteiger partial charge in [0.1, 0.15) is 5.67 Å². The molecule has 1 aliphatic carbocycles. The summed E-state index contributed by atoms with van der Waals surface area (Å²) in [7, 11) is 0. The van der Waals surface area contributed by atoms with Crippen molar-refractivity contribution in [1.82, 2.24) is 24.6 Å². The molecular weight excluding hydrogens is 331 g/mol. The van der Waals surface area contributed by atoms with Gasteiger partial charge in [-0.2, -0.15) is 0 Å². The summed E-state index contributed by atoms with van der Waals surface area (Å²) in [6.07, 6.45) is 7.53. The second-order valence-electron chi connectivity index (χ2n) is 6.74. The Labute approximate surface area is 149 Å². The van der Waals surface area contributed by atoms with Gasteiger partial charge in [-0.1, -0.05) is 0 Å². The van der Waals surface area contributed by atoms with Gasteiger partial charge >= 0.3 is 0 Å². The molecule has 0 bridgehead atoms. The van der Waals surface area contributed by atoms with Crippen molar-refractivity contribution in [3.05, 3.63) is 48.9 Å². The van der Waals surface area contributed by atoms with E-state index in [1.54, 1.807) is 16.9 Å². The summed E-state index contributed by atoms with van der Waals surface area (Å²) in [6.45, 7) is 0.256. The third-order valence-corrected chi connectivity index (χ3v) is 4.96. The zero-order valence-electron chi connectivity index (χ0n) is 14.1. The normalized spacial score (nSPS) is 15.9. The summed E-state index contributed by atoms with van der Waals surface area (Å²) in [5, 5.41) is 7.44. The van der Waals surface area contributed by atoms with E-state index in [2.05, 4.69) is 25.4 Å². The maximum atomic E-state index is 14.1. The van der Waals surface area contributed by atoms with Crippen LogP contribution in [0, 0.1) is 0 Å². The number of halogens is 1. The van der Waals surface area contributed by atoms with Gasteiger partial charge in [-0.05, 0) is 49.6 Å². The Bertz CT molecular complexity index is 1100. The highest BCUT2D eigenvalue weighted by Crippen LogP contribution is 2.35. The van der Waals surface area contributed by atoms with E-state index < -0.39 is 5.67 Å². The molecule has 1 fully saturated rings. The molecule has 0 unspecified atom stereocenters. The molecule has 0 aliphatic heterocycles. The summed E-state index contributed by atoms with van der Waals surface area (Å²) in [5.74, 6) is 0.430. The molecule has 1 N–H and O–H groups in total. The van der Waals surface area contributed by atoms with E-state index in [0.717, 1.165) is 34.2 Å². The van der Waals surface area contributed by atoms with Crippen LogP contribution in [0.2, 0.25) is 0 Å². The highest BCUT2D eigenvalue weighted by atomic mass is 19.1. The lowest BCUT2D eigenvalue weighted by Crippen LogP contribution is -2.39. The fourth-order valence-corrected chi connectivity index (χ4v) is 3.28. The molecule has 0 radical (unpaired) electrons. The lowest BCUT2D eigenvalue weighted by atomic mass is 9.82. The largest absolute Gasteiger partial charge is 0.350 e. The first-order valence-electron chi connectivity index (χ1n) is 8.70. The van der Waals surface area contributed by atoms with Gasteiger partial charge in [0.25, 0.3) is 0 Å². The van der Waals surface area contributed by atoms with Crippen LogP contribution in [0.5, 0.6) is 0 Å². The number of rotatable bonds is 4. The van der Waals surface area contributed by atoms with E-state index in [-0.39, 0.29) is 6.54 Å². The SMILES string of the molecule is FC1(CNc2ncc3c(-c4ccc5ncccc5n4)ccn3n2)CCC1. The molecular formula is C19H17FN6. The summed E-state index contributed by atoms with van der Waals surface area (Å²) in [4.78, 5) is 13.3. The molecule has 4 heterocycles. The van der Waals surface area contributed by atoms with Crippen molar-refractivity contribution in [2.45, 2.75) is 24.9 Å². The van der Waals surface area contributed by atoms with Crippen molar-refractivity contribution in [1.29, 1.82) is 0 Å². The second-order valence-corrected chi connectivity index (χ2v) is 6.74. The number of anilines is 1. The summed E-state index contributed by atoms with van der Waals surface area (Å²) in [6, 6.07) is 9.67. The summed E-state index contributed by atoms with van der Waals surface area (Å²) in [5.41, 5.74) is 3.24. The number of fused-ring (bicyclic) bond motifs is 2. The smallest absolute Gasteiger partial charge is 0.241 e. The van der Waals surface area contributed by atoms with Crippen LogP contribution >= 0.6 is 0 Å². The maximum Gasteiger partial charge on any atom is 0.241 e. The highest BCUT2D eigenvalue weighted by molar-refractivity contribution is 5.83. The van der Waals surface area contributed by atoms with Crippen LogP contribution < -0.4 is 5.32 Å². The monoisotopic (exact) mass is 348 g/mol. The van der Waals surface area contributed by atoms with Crippen LogP contribution in [0.15, 0.2) is 48.9 Å². The van der Waals surface area contributed by atoms with E-state index in [9.17, 15) is 4.39 Å². The zero-order chi connectivity index (χ0) is 17.6. The van der Waals surface area contributed by atoms with E-state index in [0.29, 0.717) is 18.8 Å². The second kappa shape index (κ2) is 5.72. The van der Waals surface area contributed by atoms with Crippen LogP contribution in [0.4, 0.5) is 10.3 Å². The number of nitrogens with zero attached hydrogens (tertiary/aromatic N) is 5. The molecule has 0 spiro atoms. The molecule has 5 rings (SSSR count). The number of hydrogen-bond donors (Lipinski definition) is 1. The Hall–Kier alpha value is -3.09. The average molecular weight is 348 g/mol. The van der Waals surface area contributed by atoms with Crippen molar-refractivity contribution in [3.8, 4) is 11.3 Å². The number of nitrogens with one attached hydrogen (secondary N) is 1. The van der Waals surface area contributed by atoms with Gasteiger partial charge in [-0.25, -0.2) is 18.9 Å². The zero-order valence-corrected chi connectivity index (χ0v) is 14.1. The van der Waals surface area contributed by atoms with Crippen LogP contribution in [-0.4, -0.2) is 36.8 Å². The van der Waals surface area contributed by atoms with Gasteiger partial charge in [0.05, 0.1) is 35.0 Å². The summed E-state index contributed by atoms with van der Waals surface area (Å²) < 4.78 is 15.9. The van der Waals surface area contributed by atoms with E-state index in [1.165, 1.54) is 0 Å². The maximum absolute atomic E-state index is 14.1.